The highest BCUT2D eigenvalue weighted by atomic mass is 15.1. The van der Waals surface area contributed by atoms with Crippen molar-refractivity contribution in [2.75, 3.05) is 41.3 Å². The summed E-state index contributed by atoms with van der Waals surface area (Å²) in [6.45, 7) is 13.4. The van der Waals surface area contributed by atoms with E-state index in [0.717, 1.165) is 37.6 Å². The maximum absolute atomic E-state index is 3.53. The highest BCUT2D eigenvalue weighted by Gasteiger charge is 2.06. The summed E-state index contributed by atoms with van der Waals surface area (Å²) in [6.07, 6.45) is 4.72. The maximum Gasteiger partial charge on any atom is 0.0385 e. The summed E-state index contributed by atoms with van der Waals surface area (Å²) in [4.78, 5) is 4.93. The van der Waals surface area contributed by atoms with E-state index >= 15 is 0 Å². The molecule has 2 rings (SSSR count). The van der Waals surface area contributed by atoms with E-state index < -0.39 is 0 Å². The van der Waals surface area contributed by atoms with Crippen LogP contribution in [0.3, 0.4) is 0 Å². The molecule has 0 heterocycles. The highest BCUT2D eigenvalue weighted by molar-refractivity contribution is 5.65. The fourth-order valence-electron chi connectivity index (χ4n) is 3.50. The first-order valence-electron chi connectivity index (χ1n) is 10.7. The van der Waals surface area contributed by atoms with Crippen molar-refractivity contribution in [3.8, 4) is 0 Å². The topological polar surface area (TPSA) is 18.5 Å². The number of benzene rings is 2. The molecule has 0 aliphatic carbocycles. The molecular weight excluding hydrogens is 330 g/mol. The largest absolute Gasteiger partial charge is 0.372 e. The normalized spacial score (nSPS) is 10.7. The molecule has 0 radical (unpaired) electrons. The predicted molar refractivity (Wildman–Crippen MR) is 122 cm³/mol. The van der Waals surface area contributed by atoms with Crippen LogP contribution in [0.1, 0.15) is 53.4 Å². The third-order valence-electron chi connectivity index (χ3n) is 4.73. The molecule has 1 N–H and O–H groups in total. The van der Waals surface area contributed by atoms with Gasteiger partial charge in [0.05, 0.1) is 0 Å². The van der Waals surface area contributed by atoms with Crippen LogP contribution in [-0.4, -0.2) is 26.2 Å². The first kappa shape index (κ1) is 21.1. The lowest BCUT2D eigenvalue weighted by atomic mass is 10.2. The molecule has 0 saturated heterocycles. The summed E-state index contributed by atoms with van der Waals surface area (Å²) >= 11 is 0. The van der Waals surface area contributed by atoms with Crippen molar-refractivity contribution in [1.82, 2.24) is 0 Å². The minimum Gasteiger partial charge on any atom is -0.372 e. The Morgan fingerprint density at radius 1 is 0.519 bits per heavy atom. The summed E-state index contributed by atoms with van der Waals surface area (Å²) in [5.41, 5.74) is 4.90. The maximum atomic E-state index is 3.53. The van der Waals surface area contributed by atoms with Crippen molar-refractivity contribution in [3.05, 3.63) is 48.5 Å². The van der Waals surface area contributed by atoms with Crippen molar-refractivity contribution < 1.29 is 0 Å². The minimum atomic E-state index is 1.12. The Hall–Kier alpha value is -2.16. The standard InChI is InChI=1S/C24H37N3/c1-5-17-26(18-6-2)23-13-9-21(10-14-23)25-22-11-15-24(16-12-22)27(19-7-3)20-8-4/h9-16,25H,5-8,17-20H2,1-4H3. The van der Waals surface area contributed by atoms with Gasteiger partial charge in [0.2, 0.25) is 0 Å². The lowest BCUT2D eigenvalue weighted by molar-refractivity contribution is 0.745. The van der Waals surface area contributed by atoms with E-state index in [0.29, 0.717) is 0 Å². The van der Waals surface area contributed by atoms with E-state index in [-0.39, 0.29) is 0 Å². The first-order chi connectivity index (χ1) is 13.2. The number of hydrogen-bond donors (Lipinski definition) is 1. The van der Waals surface area contributed by atoms with Crippen LogP contribution in [0.25, 0.3) is 0 Å². The van der Waals surface area contributed by atoms with Gasteiger partial charge in [-0.2, -0.15) is 0 Å². The summed E-state index contributed by atoms with van der Waals surface area (Å²) in [5.74, 6) is 0. The lowest BCUT2D eigenvalue weighted by Gasteiger charge is -2.24. The molecule has 0 bridgehead atoms. The van der Waals surface area contributed by atoms with Gasteiger partial charge in [-0.1, -0.05) is 27.7 Å². The van der Waals surface area contributed by atoms with Crippen LogP contribution < -0.4 is 15.1 Å². The second-order valence-corrected chi connectivity index (χ2v) is 7.19. The van der Waals surface area contributed by atoms with Crippen molar-refractivity contribution in [2.24, 2.45) is 0 Å². The third-order valence-corrected chi connectivity index (χ3v) is 4.73. The molecule has 3 heteroatoms. The average Bonchev–Trinajstić information content (AvgIpc) is 2.69. The average molecular weight is 368 g/mol. The minimum absolute atomic E-state index is 1.12. The Balaban J connectivity index is 2.02. The first-order valence-corrected chi connectivity index (χ1v) is 10.7. The Morgan fingerprint density at radius 2 is 0.815 bits per heavy atom. The molecule has 27 heavy (non-hydrogen) atoms. The molecule has 0 fully saturated rings. The molecule has 0 spiro atoms. The van der Waals surface area contributed by atoms with Crippen LogP contribution in [0.15, 0.2) is 48.5 Å². The second-order valence-electron chi connectivity index (χ2n) is 7.19. The fraction of sp³-hybridized carbons (Fsp3) is 0.500. The van der Waals surface area contributed by atoms with E-state index in [9.17, 15) is 0 Å². The second kappa shape index (κ2) is 11.5. The van der Waals surface area contributed by atoms with Crippen molar-refractivity contribution in [3.63, 3.8) is 0 Å². The molecule has 0 aliphatic heterocycles. The van der Waals surface area contributed by atoms with Crippen LogP contribution in [0, 0.1) is 0 Å². The molecule has 0 aliphatic rings. The van der Waals surface area contributed by atoms with Gasteiger partial charge in [0.25, 0.3) is 0 Å². The zero-order chi connectivity index (χ0) is 19.5. The van der Waals surface area contributed by atoms with E-state index in [2.05, 4.69) is 91.3 Å². The van der Waals surface area contributed by atoms with Crippen molar-refractivity contribution >= 4 is 22.7 Å². The molecule has 0 unspecified atom stereocenters. The molecule has 148 valence electrons. The van der Waals surface area contributed by atoms with Gasteiger partial charge in [0.1, 0.15) is 0 Å². The van der Waals surface area contributed by atoms with Crippen LogP contribution in [-0.2, 0) is 0 Å². The van der Waals surface area contributed by atoms with Crippen LogP contribution in [0.4, 0.5) is 22.7 Å². The van der Waals surface area contributed by atoms with E-state index in [4.69, 9.17) is 0 Å². The Labute approximate surface area is 166 Å². The molecule has 0 aromatic heterocycles. The third kappa shape index (κ3) is 6.50. The van der Waals surface area contributed by atoms with Gasteiger partial charge >= 0.3 is 0 Å². The fourth-order valence-corrected chi connectivity index (χ4v) is 3.50. The molecule has 2 aromatic rings. The number of anilines is 4. The Bertz CT molecular complexity index is 564. The number of rotatable bonds is 12. The molecule has 3 nitrogen and oxygen atoms in total. The summed E-state index contributed by atoms with van der Waals surface area (Å²) in [5, 5.41) is 3.53. The number of hydrogen-bond acceptors (Lipinski definition) is 3. The molecule has 2 aromatic carbocycles. The monoisotopic (exact) mass is 367 g/mol. The smallest absolute Gasteiger partial charge is 0.0385 e. The summed E-state index contributed by atoms with van der Waals surface area (Å²) in [6, 6.07) is 17.6. The quantitative estimate of drug-likeness (QED) is 0.451. The van der Waals surface area contributed by atoms with Gasteiger partial charge in [-0.05, 0) is 74.2 Å². The van der Waals surface area contributed by atoms with Gasteiger partial charge in [-0.3, -0.25) is 0 Å². The van der Waals surface area contributed by atoms with Crippen LogP contribution in [0.2, 0.25) is 0 Å². The van der Waals surface area contributed by atoms with Crippen LogP contribution >= 0.6 is 0 Å². The predicted octanol–water partition coefficient (Wildman–Crippen LogP) is 6.68. The molecule has 0 amide bonds. The number of nitrogens with zero attached hydrogens (tertiary/aromatic N) is 2. The SMILES string of the molecule is CCCN(CCC)c1ccc(Nc2ccc(N(CCC)CCC)cc2)cc1. The zero-order valence-electron chi connectivity index (χ0n) is 17.7. The van der Waals surface area contributed by atoms with Gasteiger partial charge in [-0.25, -0.2) is 0 Å². The summed E-state index contributed by atoms with van der Waals surface area (Å²) in [7, 11) is 0. The Kier molecular flexibility index (Phi) is 9.03. The van der Waals surface area contributed by atoms with Crippen molar-refractivity contribution in [1.29, 1.82) is 0 Å². The van der Waals surface area contributed by atoms with E-state index in [1.807, 2.05) is 0 Å². The van der Waals surface area contributed by atoms with Gasteiger partial charge < -0.3 is 15.1 Å². The molecule has 0 atom stereocenters. The summed E-state index contributed by atoms with van der Waals surface area (Å²) < 4.78 is 0. The number of nitrogens with one attached hydrogen (secondary N) is 1. The van der Waals surface area contributed by atoms with Gasteiger partial charge in [0, 0.05) is 48.9 Å². The highest BCUT2D eigenvalue weighted by Crippen LogP contribution is 2.24. The van der Waals surface area contributed by atoms with E-state index in [1.165, 1.54) is 37.1 Å². The van der Waals surface area contributed by atoms with Crippen LogP contribution in [0.5, 0.6) is 0 Å². The Morgan fingerprint density at radius 3 is 1.07 bits per heavy atom. The van der Waals surface area contributed by atoms with Crippen molar-refractivity contribution in [2.45, 2.75) is 53.4 Å². The van der Waals surface area contributed by atoms with Gasteiger partial charge in [0.15, 0.2) is 0 Å². The van der Waals surface area contributed by atoms with Gasteiger partial charge in [-0.15, -0.1) is 0 Å². The molecule has 0 saturated carbocycles. The van der Waals surface area contributed by atoms with E-state index in [1.54, 1.807) is 0 Å². The molecular formula is C24H37N3. The zero-order valence-corrected chi connectivity index (χ0v) is 17.7. The lowest BCUT2D eigenvalue weighted by Crippen LogP contribution is -2.24.